The van der Waals surface area contributed by atoms with E-state index in [1.165, 1.54) is 7.11 Å². The van der Waals surface area contributed by atoms with Crippen LogP contribution in [0.15, 0.2) is 66.7 Å². The number of nitriles is 1. The van der Waals surface area contributed by atoms with Crippen LogP contribution in [0, 0.1) is 11.3 Å². The summed E-state index contributed by atoms with van der Waals surface area (Å²) < 4.78 is 16.0. The first-order valence-corrected chi connectivity index (χ1v) is 9.34. The van der Waals surface area contributed by atoms with Gasteiger partial charge in [0.05, 0.1) is 31.4 Å². The normalized spacial score (nSPS) is 10.8. The van der Waals surface area contributed by atoms with Crippen molar-refractivity contribution < 1.29 is 19.0 Å². The van der Waals surface area contributed by atoms with Gasteiger partial charge in [-0.3, -0.25) is 0 Å². The molecule has 0 amide bonds. The Bertz CT molecular complexity index is 1130. The summed E-state index contributed by atoms with van der Waals surface area (Å²) in [4.78, 5) is 12.3. The summed E-state index contributed by atoms with van der Waals surface area (Å²) >= 11 is 5.85. The van der Waals surface area contributed by atoms with E-state index in [4.69, 9.17) is 25.8 Å². The lowest BCUT2D eigenvalue weighted by Crippen LogP contribution is -2.08. The molecule has 6 heteroatoms. The Morgan fingerprint density at radius 2 is 1.63 bits per heavy atom. The second kappa shape index (κ2) is 9.64. The van der Waals surface area contributed by atoms with Crippen LogP contribution in [0.4, 0.5) is 0 Å². The third-order valence-electron chi connectivity index (χ3n) is 4.27. The van der Waals surface area contributed by atoms with Crippen LogP contribution < -0.4 is 14.2 Å². The number of carbonyl (C=O) groups is 1. The largest absolute Gasteiger partial charge is 0.493 e. The third kappa shape index (κ3) is 4.99. The molecule has 0 radical (unpaired) electrons. The molecule has 0 atom stereocenters. The second-order valence-electron chi connectivity index (χ2n) is 6.21. The van der Waals surface area contributed by atoms with Gasteiger partial charge in [0, 0.05) is 5.02 Å². The van der Waals surface area contributed by atoms with Crippen LogP contribution in [-0.4, -0.2) is 20.2 Å². The maximum absolute atomic E-state index is 12.3. The molecule has 0 saturated heterocycles. The van der Waals surface area contributed by atoms with Gasteiger partial charge in [-0.2, -0.15) is 5.26 Å². The summed E-state index contributed by atoms with van der Waals surface area (Å²) in [5, 5.41) is 10.2. The molecule has 0 saturated carbocycles. The molecule has 0 spiro atoms. The van der Waals surface area contributed by atoms with Crippen molar-refractivity contribution in [1.29, 1.82) is 5.26 Å². The van der Waals surface area contributed by atoms with Gasteiger partial charge in [-0.1, -0.05) is 23.7 Å². The van der Waals surface area contributed by atoms with E-state index < -0.39 is 5.97 Å². The van der Waals surface area contributed by atoms with Crippen LogP contribution >= 0.6 is 11.6 Å². The molecule has 0 aliphatic rings. The van der Waals surface area contributed by atoms with E-state index in [9.17, 15) is 10.1 Å². The molecule has 3 aromatic rings. The number of ether oxygens (including phenoxy) is 3. The van der Waals surface area contributed by atoms with Gasteiger partial charge in [0.2, 0.25) is 0 Å². The van der Waals surface area contributed by atoms with E-state index in [-0.39, 0.29) is 0 Å². The molecule has 150 valence electrons. The molecule has 0 heterocycles. The Hall–Kier alpha value is -3.75. The van der Waals surface area contributed by atoms with Gasteiger partial charge in [0.25, 0.3) is 0 Å². The monoisotopic (exact) mass is 419 g/mol. The van der Waals surface area contributed by atoms with Crippen LogP contribution in [0.1, 0.15) is 21.5 Å². The van der Waals surface area contributed by atoms with Gasteiger partial charge in [0.15, 0.2) is 11.5 Å². The summed E-state index contributed by atoms with van der Waals surface area (Å²) in [6, 6.07) is 20.8. The maximum atomic E-state index is 12.3. The standard InChI is InChI=1S/C24H18ClNO4/c1-28-22-11-8-18(14-23(22)29-2)19(15-26)12-16-4-3-5-21(13-16)30-24(27)17-6-9-20(25)10-7-17/h3-14H,1-2H3/b19-12-. The van der Waals surface area contributed by atoms with Crippen molar-refractivity contribution >= 4 is 29.2 Å². The molecule has 0 aliphatic carbocycles. The van der Waals surface area contributed by atoms with Crippen molar-refractivity contribution in [1.82, 2.24) is 0 Å². The number of allylic oxidation sites excluding steroid dienone is 1. The van der Waals surface area contributed by atoms with E-state index >= 15 is 0 Å². The molecule has 0 aromatic heterocycles. The van der Waals surface area contributed by atoms with Crippen molar-refractivity contribution in [2.75, 3.05) is 14.2 Å². The Balaban J connectivity index is 1.85. The molecule has 5 nitrogen and oxygen atoms in total. The number of carbonyl (C=O) groups excluding carboxylic acids is 1. The highest BCUT2D eigenvalue weighted by Gasteiger charge is 2.10. The van der Waals surface area contributed by atoms with E-state index in [0.29, 0.717) is 44.5 Å². The summed E-state index contributed by atoms with van der Waals surface area (Å²) in [6.07, 6.45) is 1.71. The van der Waals surface area contributed by atoms with Crippen molar-refractivity contribution in [3.05, 3.63) is 88.4 Å². The first-order valence-electron chi connectivity index (χ1n) is 8.96. The lowest BCUT2D eigenvalue weighted by atomic mass is 10.0. The van der Waals surface area contributed by atoms with Crippen LogP contribution in [0.5, 0.6) is 17.2 Å². The zero-order valence-electron chi connectivity index (χ0n) is 16.4. The third-order valence-corrected chi connectivity index (χ3v) is 4.53. The van der Waals surface area contributed by atoms with Gasteiger partial charge in [-0.15, -0.1) is 0 Å². The van der Waals surface area contributed by atoms with Gasteiger partial charge in [0.1, 0.15) is 5.75 Å². The van der Waals surface area contributed by atoms with Crippen molar-refractivity contribution in [2.24, 2.45) is 0 Å². The van der Waals surface area contributed by atoms with Crippen LogP contribution in [-0.2, 0) is 0 Å². The second-order valence-corrected chi connectivity index (χ2v) is 6.64. The fourth-order valence-corrected chi connectivity index (χ4v) is 2.90. The number of nitrogens with zero attached hydrogens (tertiary/aromatic N) is 1. The smallest absolute Gasteiger partial charge is 0.343 e. The Morgan fingerprint density at radius 1 is 0.933 bits per heavy atom. The molecule has 3 rings (SSSR count). The number of hydrogen-bond donors (Lipinski definition) is 0. The van der Waals surface area contributed by atoms with Gasteiger partial charge in [-0.25, -0.2) is 4.79 Å². The summed E-state index contributed by atoms with van der Waals surface area (Å²) in [5.41, 5.74) is 2.21. The predicted molar refractivity (Wildman–Crippen MR) is 116 cm³/mol. The molecular formula is C24H18ClNO4. The number of halogens is 1. The SMILES string of the molecule is COc1ccc(/C(C#N)=C\c2cccc(OC(=O)c3ccc(Cl)cc3)c2)cc1OC. The van der Waals surface area contributed by atoms with Crippen LogP contribution in [0.2, 0.25) is 5.02 Å². The number of benzene rings is 3. The molecule has 0 bridgehead atoms. The first-order chi connectivity index (χ1) is 14.5. The number of methoxy groups -OCH3 is 2. The number of rotatable bonds is 6. The van der Waals surface area contributed by atoms with Crippen LogP contribution in [0.25, 0.3) is 11.6 Å². The minimum atomic E-state index is -0.492. The molecule has 0 N–H and O–H groups in total. The molecule has 30 heavy (non-hydrogen) atoms. The molecule has 0 unspecified atom stereocenters. The Kier molecular flexibility index (Phi) is 6.74. The average molecular weight is 420 g/mol. The summed E-state index contributed by atoms with van der Waals surface area (Å²) in [5.74, 6) is 0.984. The topological polar surface area (TPSA) is 68.5 Å². The summed E-state index contributed by atoms with van der Waals surface area (Å²) in [7, 11) is 3.09. The molecule has 3 aromatic carbocycles. The quantitative estimate of drug-likeness (QED) is 0.224. The highest BCUT2D eigenvalue weighted by atomic mass is 35.5. The van der Waals surface area contributed by atoms with Gasteiger partial charge < -0.3 is 14.2 Å². The molecule has 0 fully saturated rings. The number of hydrogen-bond acceptors (Lipinski definition) is 5. The van der Waals surface area contributed by atoms with Crippen molar-refractivity contribution in [3.8, 4) is 23.3 Å². The highest BCUT2D eigenvalue weighted by molar-refractivity contribution is 6.30. The van der Waals surface area contributed by atoms with E-state index in [1.54, 1.807) is 73.8 Å². The Morgan fingerprint density at radius 3 is 2.30 bits per heavy atom. The number of esters is 1. The van der Waals surface area contributed by atoms with Gasteiger partial charge >= 0.3 is 5.97 Å². The zero-order valence-corrected chi connectivity index (χ0v) is 17.1. The van der Waals surface area contributed by atoms with Crippen LogP contribution in [0.3, 0.4) is 0 Å². The average Bonchev–Trinajstić information content (AvgIpc) is 2.77. The summed E-state index contributed by atoms with van der Waals surface area (Å²) in [6.45, 7) is 0. The highest BCUT2D eigenvalue weighted by Crippen LogP contribution is 2.31. The van der Waals surface area contributed by atoms with E-state index in [0.717, 1.165) is 0 Å². The van der Waals surface area contributed by atoms with Gasteiger partial charge in [-0.05, 0) is 71.8 Å². The predicted octanol–water partition coefficient (Wildman–Crippen LogP) is 5.64. The Labute approximate surface area is 179 Å². The van der Waals surface area contributed by atoms with Crippen molar-refractivity contribution in [2.45, 2.75) is 0 Å². The van der Waals surface area contributed by atoms with E-state index in [1.807, 2.05) is 6.07 Å². The first kappa shape index (κ1) is 21.0. The zero-order chi connectivity index (χ0) is 21.5. The minimum Gasteiger partial charge on any atom is -0.493 e. The minimum absolute atomic E-state index is 0.369. The molecule has 0 aliphatic heterocycles. The maximum Gasteiger partial charge on any atom is 0.343 e. The van der Waals surface area contributed by atoms with E-state index in [2.05, 4.69) is 6.07 Å². The fourth-order valence-electron chi connectivity index (χ4n) is 2.77. The lowest BCUT2D eigenvalue weighted by Gasteiger charge is -2.09. The van der Waals surface area contributed by atoms with Crippen molar-refractivity contribution in [3.63, 3.8) is 0 Å². The fraction of sp³-hybridized carbons (Fsp3) is 0.0833. The molecular weight excluding hydrogens is 402 g/mol. The lowest BCUT2D eigenvalue weighted by molar-refractivity contribution is 0.0735.